The second-order valence-electron chi connectivity index (χ2n) is 4.45. The maximum atomic E-state index is 12.3. The third-order valence-electron chi connectivity index (χ3n) is 2.66. The number of aliphatic hydroxyl groups is 1. The smallest absolute Gasteiger partial charge is 0.206 e. The van der Waals surface area contributed by atoms with Crippen molar-refractivity contribution in [1.82, 2.24) is 0 Å². The van der Waals surface area contributed by atoms with E-state index >= 15 is 0 Å². The van der Waals surface area contributed by atoms with E-state index in [0.717, 1.165) is 11.1 Å². The van der Waals surface area contributed by atoms with Gasteiger partial charge in [0.2, 0.25) is 9.84 Å². The first-order valence-electron chi connectivity index (χ1n) is 6.41. The Morgan fingerprint density at radius 2 is 1.05 bits per heavy atom. The zero-order valence-corrected chi connectivity index (χ0v) is 12.8. The second-order valence-corrected chi connectivity index (χ2v) is 6.40. The Labute approximate surface area is 120 Å². The average Bonchev–Trinajstić information content (AvgIpc) is 2.40. The van der Waals surface area contributed by atoms with Gasteiger partial charge in [-0.3, -0.25) is 0 Å². The third kappa shape index (κ3) is 4.18. The third-order valence-corrected chi connectivity index (χ3v) is 4.45. The number of sulfone groups is 1. The highest BCUT2D eigenvalue weighted by molar-refractivity contribution is 7.91. The molecule has 2 aromatic rings. The van der Waals surface area contributed by atoms with Gasteiger partial charge >= 0.3 is 0 Å². The van der Waals surface area contributed by atoms with Crippen molar-refractivity contribution in [1.29, 1.82) is 0 Å². The molecule has 0 spiro atoms. The molecule has 2 aromatic carbocycles. The molecule has 0 aliphatic heterocycles. The van der Waals surface area contributed by atoms with E-state index in [1.165, 1.54) is 0 Å². The molecule has 0 aliphatic carbocycles. The van der Waals surface area contributed by atoms with Gasteiger partial charge in [-0.2, -0.15) is 0 Å². The molecule has 0 unspecified atom stereocenters. The van der Waals surface area contributed by atoms with Gasteiger partial charge in [-0.1, -0.05) is 35.4 Å². The van der Waals surface area contributed by atoms with E-state index in [2.05, 4.69) is 0 Å². The molecule has 0 aliphatic rings. The number of benzene rings is 2. The summed E-state index contributed by atoms with van der Waals surface area (Å²) < 4.78 is 24.5. The molecule has 0 saturated carbocycles. The first-order valence-corrected chi connectivity index (χ1v) is 7.89. The molecule has 1 N–H and O–H groups in total. The van der Waals surface area contributed by atoms with Crippen molar-refractivity contribution in [3.8, 4) is 0 Å². The van der Waals surface area contributed by atoms with Crippen LogP contribution in [-0.2, 0) is 9.84 Å². The fraction of sp³-hybridized carbons (Fsp3) is 0.250. The second kappa shape index (κ2) is 7.22. The predicted octanol–water partition coefficient (Wildman–Crippen LogP) is 3.13. The van der Waals surface area contributed by atoms with Crippen LogP contribution in [0.3, 0.4) is 0 Å². The van der Waals surface area contributed by atoms with E-state index in [9.17, 15) is 8.42 Å². The van der Waals surface area contributed by atoms with Gasteiger partial charge in [0.25, 0.3) is 0 Å². The fourth-order valence-electron chi connectivity index (χ4n) is 1.57. The van der Waals surface area contributed by atoms with Crippen LogP contribution in [0, 0.1) is 13.8 Å². The van der Waals surface area contributed by atoms with Crippen LogP contribution in [0.1, 0.15) is 18.1 Å². The van der Waals surface area contributed by atoms with Crippen LogP contribution in [0.5, 0.6) is 0 Å². The molecule has 108 valence electrons. The molecule has 0 aromatic heterocycles. The van der Waals surface area contributed by atoms with Crippen molar-refractivity contribution in [2.45, 2.75) is 30.6 Å². The molecular weight excluding hydrogens is 272 g/mol. The van der Waals surface area contributed by atoms with Crippen molar-refractivity contribution in [2.75, 3.05) is 6.61 Å². The molecule has 0 fully saturated rings. The Hall–Kier alpha value is -1.65. The lowest BCUT2D eigenvalue weighted by Gasteiger charge is -2.05. The molecular formula is C16H20O3S. The van der Waals surface area contributed by atoms with Gasteiger partial charge in [-0.25, -0.2) is 8.42 Å². The van der Waals surface area contributed by atoms with Crippen LogP contribution in [-0.4, -0.2) is 20.1 Å². The minimum absolute atomic E-state index is 0.250. The minimum Gasteiger partial charge on any atom is -0.397 e. The SMILES string of the molecule is CCO.Cc1ccc(S(=O)(=O)c2ccc(C)cc2)cc1. The first-order chi connectivity index (χ1) is 9.41. The number of rotatable bonds is 2. The molecule has 4 heteroatoms. The largest absolute Gasteiger partial charge is 0.397 e. The van der Waals surface area contributed by atoms with Crippen molar-refractivity contribution in [3.05, 3.63) is 59.7 Å². The molecule has 3 nitrogen and oxygen atoms in total. The van der Waals surface area contributed by atoms with Gasteiger partial charge in [-0.05, 0) is 45.0 Å². The Morgan fingerprint density at radius 3 is 1.30 bits per heavy atom. The highest BCUT2D eigenvalue weighted by atomic mass is 32.2. The summed E-state index contributed by atoms with van der Waals surface area (Å²) in [6.45, 7) is 5.80. The van der Waals surface area contributed by atoms with E-state index in [0.29, 0.717) is 9.79 Å². The summed E-state index contributed by atoms with van der Waals surface area (Å²) in [6, 6.07) is 13.8. The van der Waals surface area contributed by atoms with Crippen LogP contribution < -0.4 is 0 Å². The summed E-state index contributed by atoms with van der Waals surface area (Å²) in [7, 11) is -3.37. The molecule has 0 amide bonds. The van der Waals surface area contributed by atoms with Crippen molar-refractivity contribution in [3.63, 3.8) is 0 Å². The monoisotopic (exact) mass is 292 g/mol. The highest BCUT2D eigenvalue weighted by Gasteiger charge is 2.16. The fourth-order valence-corrected chi connectivity index (χ4v) is 2.83. The summed E-state index contributed by atoms with van der Waals surface area (Å²) >= 11 is 0. The lowest BCUT2D eigenvalue weighted by molar-refractivity contribution is 0.318. The lowest BCUT2D eigenvalue weighted by atomic mass is 10.2. The highest BCUT2D eigenvalue weighted by Crippen LogP contribution is 2.21. The number of aryl methyl sites for hydroxylation is 2. The standard InChI is InChI=1S/C14H14O2S.C2H6O/c1-11-3-7-13(8-4-11)17(15,16)14-9-5-12(2)6-10-14;1-2-3/h3-10H,1-2H3;3H,2H2,1H3. The lowest BCUT2D eigenvalue weighted by Crippen LogP contribution is -2.01. The van der Waals surface area contributed by atoms with E-state index in [1.54, 1.807) is 55.5 Å². The van der Waals surface area contributed by atoms with E-state index in [4.69, 9.17) is 5.11 Å². The summed E-state index contributed by atoms with van der Waals surface area (Å²) in [5.41, 5.74) is 2.10. The average molecular weight is 292 g/mol. The van der Waals surface area contributed by atoms with Crippen molar-refractivity contribution >= 4 is 9.84 Å². The zero-order valence-electron chi connectivity index (χ0n) is 12.0. The zero-order chi connectivity index (χ0) is 15.2. The summed E-state index contributed by atoms with van der Waals surface area (Å²) in [6.07, 6.45) is 0. The Bertz CT molecular complexity index is 575. The van der Waals surface area contributed by atoms with E-state index in [1.807, 2.05) is 13.8 Å². The Kier molecular flexibility index (Phi) is 5.92. The van der Waals surface area contributed by atoms with Crippen LogP contribution in [0.4, 0.5) is 0 Å². The van der Waals surface area contributed by atoms with Crippen molar-refractivity contribution in [2.24, 2.45) is 0 Å². The summed E-state index contributed by atoms with van der Waals surface area (Å²) in [4.78, 5) is 0.680. The van der Waals surface area contributed by atoms with Crippen molar-refractivity contribution < 1.29 is 13.5 Å². The Morgan fingerprint density at radius 1 is 0.800 bits per heavy atom. The summed E-state index contributed by atoms with van der Waals surface area (Å²) in [5.74, 6) is 0. The van der Waals surface area contributed by atoms with Crippen LogP contribution in [0.2, 0.25) is 0 Å². The molecule has 0 atom stereocenters. The number of hydrogen-bond acceptors (Lipinski definition) is 3. The molecule has 0 saturated heterocycles. The van der Waals surface area contributed by atoms with E-state index < -0.39 is 9.84 Å². The van der Waals surface area contributed by atoms with Gasteiger partial charge < -0.3 is 5.11 Å². The van der Waals surface area contributed by atoms with Gasteiger partial charge in [0.1, 0.15) is 0 Å². The molecule has 0 radical (unpaired) electrons. The van der Waals surface area contributed by atoms with Crippen LogP contribution in [0.25, 0.3) is 0 Å². The number of hydrogen-bond donors (Lipinski definition) is 1. The van der Waals surface area contributed by atoms with Gasteiger partial charge in [0.05, 0.1) is 9.79 Å². The van der Waals surface area contributed by atoms with Gasteiger partial charge in [-0.15, -0.1) is 0 Å². The number of aliphatic hydroxyl groups excluding tert-OH is 1. The molecule has 20 heavy (non-hydrogen) atoms. The molecule has 2 rings (SSSR count). The first kappa shape index (κ1) is 16.4. The maximum Gasteiger partial charge on any atom is 0.206 e. The quantitative estimate of drug-likeness (QED) is 0.925. The predicted molar refractivity (Wildman–Crippen MR) is 80.6 cm³/mol. The minimum atomic E-state index is -3.37. The van der Waals surface area contributed by atoms with Gasteiger partial charge in [0, 0.05) is 6.61 Å². The molecule has 0 heterocycles. The normalized spacial score (nSPS) is 10.6. The van der Waals surface area contributed by atoms with Crippen LogP contribution in [0.15, 0.2) is 58.3 Å². The Balaban J connectivity index is 0.000000612. The van der Waals surface area contributed by atoms with E-state index in [-0.39, 0.29) is 6.61 Å². The maximum absolute atomic E-state index is 12.3. The van der Waals surface area contributed by atoms with Crippen LogP contribution >= 0.6 is 0 Å². The topological polar surface area (TPSA) is 54.4 Å². The van der Waals surface area contributed by atoms with Gasteiger partial charge in [0.15, 0.2) is 0 Å². The molecule has 0 bridgehead atoms. The summed E-state index contributed by atoms with van der Waals surface area (Å²) in [5, 5.41) is 7.57.